The average Bonchev–Trinajstić information content (AvgIpc) is 2.80. The summed E-state index contributed by atoms with van der Waals surface area (Å²) in [6.07, 6.45) is 0.663. The summed E-state index contributed by atoms with van der Waals surface area (Å²) in [7, 11) is 3.16. The zero-order valence-electron chi connectivity index (χ0n) is 18.2. The van der Waals surface area contributed by atoms with Crippen LogP contribution in [0.15, 0.2) is 35.1 Å². The minimum Gasteiger partial charge on any atom is -0.493 e. The Kier molecular flexibility index (Phi) is 4.92. The number of aromatic nitrogens is 1. The average molecular weight is 436 g/mol. The predicted molar refractivity (Wildman–Crippen MR) is 118 cm³/mol. The summed E-state index contributed by atoms with van der Waals surface area (Å²) in [6.45, 7) is 2.97. The van der Waals surface area contributed by atoms with Crippen molar-refractivity contribution in [2.24, 2.45) is 0 Å². The van der Waals surface area contributed by atoms with Gasteiger partial charge in [0.2, 0.25) is 5.91 Å². The van der Waals surface area contributed by atoms with E-state index in [4.69, 9.17) is 18.9 Å². The van der Waals surface area contributed by atoms with E-state index in [0.29, 0.717) is 60.3 Å². The van der Waals surface area contributed by atoms with Crippen molar-refractivity contribution < 1.29 is 23.7 Å². The maximum absolute atomic E-state index is 13.2. The van der Waals surface area contributed by atoms with E-state index in [2.05, 4.69) is 4.98 Å². The molecule has 32 heavy (non-hydrogen) atoms. The molecule has 3 heterocycles. The van der Waals surface area contributed by atoms with Crippen LogP contribution in [0.3, 0.4) is 0 Å². The van der Waals surface area contributed by atoms with Crippen molar-refractivity contribution in [3.05, 3.63) is 57.4 Å². The third-order valence-electron chi connectivity index (χ3n) is 6.11. The van der Waals surface area contributed by atoms with Gasteiger partial charge in [0, 0.05) is 30.5 Å². The molecule has 1 amide bonds. The number of carbonyl (C=O) groups excluding carboxylic acids is 1. The molecule has 1 N–H and O–H groups in total. The number of amides is 1. The molecule has 0 radical (unpaired) electrons. The highest BCUT2D eigenvalue weighted by Gasteiger charge is 2.34. The largest absolute Gasteiger partial charge is 0.493 e. The van der Waals surface area contributed by atoms with E-state index >= 15 is 0 Å². The molecule has 1 atom stereocenters. The van der Waals surface area contributed by atoms with Crippen LogP contribution >= 0.6 is 0 Å². The van der Waals surface area contributed by atoms with Gasteiger partial charge < -0.3 is 28.8 Å². The number of hydrogen-bond acceptors (Lipinski definition) is 6. The first-order chi connectivity index (χ1) is 15.5. The highest BCUT2D eigenvalue weighted by Crippen LogP contribution is 2.41. The van der Waals surface area contributed by atoms with Crippen molar-refractivity contribution in [3.63, 3.8) is 0 Å². The van der Waals surface area contributed by atoms with Gasteiger partial charge in [-0.3, -0.25) is 9.59 Å². The molecule has 5 rings (SSSR count). The maximum Gasteiger partial charge on any atom is 0.254 e. The molecule has 0 saturated carbocycles. The first kappa shape index (κ1) is 20.2. The fraction of sp³-hybridized carbons (Fsp3) is 0.333. The lowest BCUT2D eigenvalue weighted by atomic mass is 9.87. The van der Waals surface area contributed by atoms with E-state index < -0.39 is 6.04 Å². The van der Waals surface area contributed by atoms with Gasteiger partial charge in [0.15, 0.2) is 23.0 Å². The molecular formula is C24H24N2O6. The van der Waals surface area contributed by atoms with Crippen molar-refractivity contribution in [2.45, 2.75) is 19.4 Å². The second-order valence-corrected chi connectivity index (χ2v) is 7.91. The van der Waals surface area contributed by atoms with Crippen LogP contribution in [0.25, 0.3) is 10.9 Å². The highest BCUT2D eigenvalue weighted by atomic mass is 16.6. The van der Waals surface area contributed by atoms with Gasteiger partial charge in [-0.1, -0.05) is 0 Å². The van der Waals surface area contributed by atoms with Crippen LogP contribution in [0, 0.1) is 0 Å². The SMILES string of the molecule is COc1cc2c(cc1OC)[C@@H](c1cc3cc4c(cc3[nH]c1=O)OCCO4)N(C(C)=O)CC2. The molecule has 8 nitrogen and oxygen atoms in total. The molecule has 2 aromatic carbocycles. The molecule has 0 unspecified atom stereocenters. The molecule has 1 aromatic heterocycles. The number of nitrogens with zero attached hydrogens (tertiary/aromatic N) is 1. The van der Waals surface area contributed by atoms with Crippen molar-refractivity contribution in [1.29, 1.82) is 0 Å². The molecule has 166 valence electrons. The summed E-state index contributed by atoms with van der Waals surface area (Å²) in [5.74, 6) is 2.33. The fourth-order valence-electron chi connectivity index (χ4n) is 4.58. The Morgan fingerprint density at radius 2 is 1.69 bits per heavy atom. The molecule has 2 aliphatic heterocycles. The number of H-pyrrole nitrogens is 1. The second-order valence-electron chi connectivity index (χ2n) is 7.91. The molecule has 2 aliphatic rings. The fourth-order valence-corrected chi connectivity index (χ4v) is 4.58. The Balaban J connectivity index is 1.72. The number of ether oxygens (including phenoxy) is 4. The van der Waals surface area contributed by atoms with Crippen LogP contribution in [0.1, 0.15) is 29.7 Å². The standard InChI is InChI=1S/C24H24N2O6/c1-13(27)26-5-4-14-9-19(29-2)20(30-3)11-16(14)23(26)17-8-15-10-21-22(32-7-6-31-21)12-18(15)25-24(17)28/h8-12,23H,4-7H2,1-3H3,(H,25,28)/t23-/m0/s1. The van der Waals surface area contributed by atoms with Gasteiger partial charge in [-0.25, -0.2) is 0 Å². The Hall–Kier alpha value is -3.68. The van der Waals surface area contributed by atoms with Crippen LogP contribution in [-0.4, -0.2) is 49.8 Å². The number of benzene rings is 2. The molecule has 0 saturated heterocycles. The van der Waals surface area contributed by atoms with Gasteiger partial charge in [0.25, 0.3) is 5.56 Å². The Morgan fingerprint density at radius 1 is 1.00 bits per heavy atom. The minimum atomic E-state index is -0.544. The zero-order chi connectivity index (χ0) is 22.4. The molecule has 3 aromatic rings. The minimum absolute atomic E-state index is 0.0999. The summed E-state index contributed by atoms with van der Waals surface area (Å²) in [4.78, 5) is 30.5. The van der Waals surface area contributed by atoms with Gasteiger partial charge in [0.1, 0.15) is 13.2 Å². The van der Waals surface area contributed by atoms with E-state index in [-0.39, 0.29) is 11.5 Å². The topological polar surface area (TPSA) is 90.1 Å². The van der Waals surface area contributed by atoms with Gasteiger partial charge in [-0.15, -0.1) is 0 Å². The van der Waals surface area contributed by atoms with Crippen molar-refractivity contribution in [1.82, 2.24) is 9.88 Å². The number of hydrogen-bond donors (Lipinski definition) is 1. The van der Waals surface area contributed by atoms with Crippen LogP contribution in [0.4, 0.5) is 0 Å². The lowest BCUT2D eigenvalue weighted by Crippen LogP contribution is -2.41. The molecule has 0 bridgehead atoms. The first-order valence-electron chi connectivity index (χ1n) is 10.5. The first-order valence-corrected chi connectivity index (χ1v) is 10.5. The summed E-state index contributed by atoms with van der Waals surface area (Å²) < 4.78 is 22.3. The van der Waals surface area contributed by atoms with Gasteiger partial charge in [0.05, 0.1) is 25.8 Å². The zero-order valence-corrected chi connectivity index (χ0v) is 18.2. The van der Waals surface area contributed by atoms with Crippen LogP contribution in [0.5, 0.6) is 23.0 Å². The molecule has 0 aliphatic carbocycles. The summed E-state index contributed by atoms with van der Waals surface area (Å²) in [5.41, 5.74) is 2.75. The summed E-state index contributed by atoms with van der Waals surface area (Å²) in [5, 5.41) is 0.806. The Labute approximate surface area is 184 Å². The smallest absolute Gasteiger partial charge is 0.254 e. The van der Waals surface area contributed by atoms with Crippen LogP contribution in [-0.2, 0) is 11.2 Å². The number of nitrogens with one attached hydrogen (secondary N) is 1. The van der Waals surface area contributed by atoms with Crippen molar-refractivity contribution in [3.8, 4) is 23.0 Å². The van der Waals surface area contributed by atoms with E-state index in [1.165, 1.54) is 6.92 Å². The third-order valence-corrected chi connectivity index (χ3v) is 6.11. The lowest BCUT2D eigenvalue weighted by Gasteiger charge is -2.37. The van der Waals surface area contributed by atoms with Crippen LogP contribution < -0.4 is 24.5 Å². The van der Waals surface area contributed by atoms with Gasteiger partial charge >= 0.3 is 0 Å². The Bertz CT molecular complexity index is 1280. The number of rotatable bonds is 3. The quantitative estimate of drug-likeness (QED) is 0.679. The van der Waals surface area contributed by atoms with E-state index in [1.807, 2.05) is 24.3 Å². The van der Waals surface area contributed by atoms with Crippen molar-refractivity contribution >= 4 is 16.8 Å². The van der Waals surface area contributed by atoms with E-state index in [9.17, 15) is 9.59 Å². The number of methoxy groups -OCH3 is 2. The number of pyridine rings is 1. The molecule has 8 heteroatoms. The second kappa shape index (κ2) is 7.78. The number of fused-ring (bicyclic) bond motifs is 3. The van der Waals surface area contributed by atoms with E-state index in [1.54, 1.807) is 25.2 Å². The lowest BCUT2D eigenvalue weighted by molar-refractivity contribution is -0.130. The molecule has 0 fully saturated rings. The Morgan fingerprint density at radius 3 is 2.38 bits per heavy atom. The van der Waals surface area contributed by atoms with Gasteiger partial charge in [-0.2, -0.15) is 0 Å². The van der Waals surface area contributed by atoms with Crippen LogP contribution in [0.2, 0.25) is 0 Å². The van der Waals surface area contributed by atoms with Crippen molar-refractivity contribution in [2.75, 3.05) is 34.0 Å². The highest BCUT2D eigenvalue weighted by molar-refractivity contribution is 5.84. The third kappa shape index (κ3) is 3.23. The number of carbonyl (C=O) groups is 1. The maximum atomic E-state index is 13.2. The van der Waals surface area contributed by atoms with E-state index in [0.717, 1.165) is 16.5 Å². The summed E-state index contributed by atoms with van der Waals surface area (Å²) in [6, 6.07) is 8.72. The predicted octanol–water partition coefficient (Wildman–Crippen LogP) is 2.81. The molecule has 0 spiro atoms. The normalized spacial score (nSPS) is 17.1. The monoisotopic (exact) mass is 436 g/mol. The molecular weight excluding hydrogens is 412 g/mol. The number of aromatic amines is 1. The summed E-state index contributed by atoms with van der Waals surface area (Å²) >= 11 is 0. The van der Waals surface area contributed by atoms with Gasteiger partial charge in [-0.05, 0) is 41.8 Å².